The standard InChI is InChI=1S/C32H28NS.C15H28O2.Ir/c1-19(2)16-23-9-7-11-26-27-14-15-33-30(32(27)34-31(23)26)24-17-22-13-12-21-8-5-6-10-25(21)29(22)28(18-24)20(3)4;1-7-14(5,8-2)12(16)11-13(17)15(6,9-3)10-4;/h5-15,18-20H,16H2,1-4H3;11,16H,7-10H2,1-6H3;/q-1;;/b;12-11-;. The van der Waals surface area contributed by atoms with E-state index in [4.69, 9.17) is 4.98 Å². The summed E-state index contributed by atoms with van der Waals surface area (Å²) in [6.07, 6.45) is 7.82. The molecule has 1 N–H and O–H groups in total. The second kappa shape index (κ2) is 17.2. The zero-order valence-corrected chi connectivity index (χ0v) is 36.0. The summed E-state index contributed by atoms with van der Waals surface area (Å²) in [5.41, 5.74) is 4.34. The van der Waals surface area contributed by atoms with Crippen molar-refractivity contribution in [1.82, 2.24) is 4.98 Å². The van der Waals surface area contributed by atoms with Crippen LogP contribution >= 0.6 is 11.3 Å². The minimum absolute atomic E-state index is 0. The summed E-state index contributed by atoms with van der Waals surface area (Å²) in [6.45, 7) is 21.2. The average molecular weight is 891 g/mol. The van der Waals surface area contributed by atoms with E-state index >= 15 is 0 Å². The fraction of sp³-hybridized carbons (Fsp3) is 0.404. The maximum Gasteiger partial charge on any atom is 0.164 e. The number of pyridine rings is 1. The smallest absolute Gasteiger partial charge is 0.164 e. The summed E-state index contributed by atoms with van der Waals surface area (Å²) in [4.78, 5) is 17.1. The number of nitrogens with zero attached hydrogens (tertiary/aromatic N) is 1. The topological polar surface area (TPSA) is 50.2 Å². The van der Waals surface area contributed by atoms with E-state index in [1.54, 1.807) is 0 Å². The molecule has 277 valence electrons. The molecule has 4 aromatic carbocycles. The van der Waals surface area contributed by atoms with Gasteiger partial charge in [-0.1, -0.05) is 129 Å². The number of aromatic nitrogens is 1. The molecular weight excluding hydrogens is 835 g/mol. The molecule has 0 aliphatic carbocycles. The van der Waals surface area contributed by atoms with Crippen LogP contribution in [-0.4, -0.2) is 15.9 Å². The van der Waals surface area contributed by atoms with Crippen molar-refractivity contribution < 1.29 is 30.0 Å². The van der Waals surface area contributed by atoms with Gasteiger partial charge in [0.1, 0.15) is 5.76 Å². The second-order valence-electron chi connectivity index (χ2n) is 15.5. The Morgan fingerprint density at radius 2 is 1.46 bits per heavy atom. The van der Waals surface area contributed by atoms with Crippen LogP contribution in [0.1, 0.15) is 112 Å². The minimum Gasteiger partial charge on any atom is -0.512 e. The Hall–Kier alpha value is -3.37. The number of aliphatic hydroxyl groups excluding tert-OH is 1. The number of ketones is 1. The summed E-state index contributed by atoms with van der Waals surface area (Å²) >= 11 is 1.89. The van der Waals surface area contributed by atoms with Crippen LogP contribution in [0, 0.1) is 22.8 Å². The SMILES string of the molecule is CC(C)Cc1cccc2c1sc1c(-c3[c-]c4ccc5ccccc5c4c(C(C)C)c3)nccc12.CCC(C)(CC)C(=O)/C=C(\O)C(C)(CC)CC.[Ir]. The van der Waals surface area contributed by atoms with Crippen molar-refractivity contribution in [3.63, 3.8) is 0 Å². The predicted molar refractivity (Wildman–Crippen MR) is 222 cm³/mol. The number of fused-ring (bicyclic) bond motifs is 6. The molecule has 0 aliphatic heterocycles. The van der Waals surface area contributed by atoms with Crippen LogP contribution in [0.5, 0.6) is 0 Å². The molecule has 0 saturated carbocycles. The zero-order chi connectivity index (χ0) is 37.1. The van der Waals surface area contributed by atoms with E-state index in [2.05, 4.69) is 100 Å². The van der Waals surface area contributed by atoms with E-state index in [0.717, 1.165) is 43.4 Å². The Balaban J connectivity index is 0.000000289. The number of carbonyl (C=O) groups is 1. The van der Waals surface area contributed by atoms with Gasteiger partial charge >= 0.3 is 0 Å². The number of hydrogen-bond acceptors (Lipinski definition) is 4. The number of benzene rings is 4. The Labute approximate surface area is 329 Å². The van der Waals surface area contributed by atoms with Gasteiger partial charge in [-0.25, -0.2) is 0 Å². The fourth-order valence-corrected chi connectivity index (χ4v) is 8.26. The van der Waals surface area contributed by atoms with Crippen LogP contribution < -0.4 is 0 Å². The van der Waals surface area contributed by atoms with E-state index in [1.165, 1.54) is 58.9 Å². The van der Waals surface area contributed by atoms with Crippen LogP contribution in [0.2, 0.25) is 0 Å². The summed E-state index contributed by atoms with van der Waals surface area (Å²) in [5, 5.41) is 17.8. The first-order valence-corrected chi connectivity index (χ1v) is 19.7. The van der Waals surface area contributed by atoms with Gasteiger partial charge in [0.2, 0.25) is 0 Å². The second-order valence-corrected chi connectivity index (χ2v) is 16.5. The number of thiophene rings is 1. The Bertz CT molecular complexity index is 2200. The predicted octanol–water partition coefficient (Wildman–Crippen LogP) is 14.2. The van der Waals surface area contributed by atoms with Crippen LogP contribution in [-0.2, 0) is 31.3 Å². The van der Waals surface area contributed by atoms with Gasteiger partial charge in [-0.3, -0.25) is 9.78 Å². The van der Waals surface area contributed by atoms with E-state index in [-0.39, 0.29) is 42.5 Å². The molecule has 6 rings (SSSR count). The van der Waals surface area contributed by atoms with Crippen molar-refractivity contribution in [1.29, 1.82) is 0 Å². The van der Waals surface area contributed by atoms with Crippen LogP contribution in [0.15, 0.2) is 84.8 Å². The molecule has 0 amide bonds. The number of aliphatic hydroxyl groups is 1. The third-order valence-corrected chi connectivity index (χ3v) is 12.7. The molecule has 5 heteroatoms. The molecule has 0 spiro atoms. The monoisotopic (exact) mass is 891 g/mol. The molecular formula is C47H56IrNO2S-. The molecule has 0 aliphatic rings. The Kier molecular flexibility index (Phi) is 13.7. The molecule has 1 radical (unpaired) electrons. The first kappa shape index (κ1) is 41.4. The van der Waals surface area contributed by atoms with E-state index in [1.807, 2.05) is 59.1 Å². The number of hydrogen-bond donors (Lipinski definition) is 1. The summed E-state index contributed by atoms with van der Waals surface area (Å²) < 4.78 is 2.66. The average Bonchev–Trinajstić information content (AvgIpc) is 3.53. The van der Waals surface area contributed by atoms with Crippen molar-refractivity contribution in [2.24, 2.45) is 16.7 Å². The quantitative estimate of drug-likeness (QED) is 0.0610. The molecule has 0 bridgehead atoms. The third-order valence-electron chi connectivity index (χ3n) is 11.4. The van der Waals surface area contributed by atoms with Gasteiger partial charge in [-0.2, -0.15) is 0 Å². The van der Waals surface area contributed by atoms with E-state index < -0.39 is 0 Å². The summed E-state index contributed by atoms with van der Waals surface area (Å²) in [5.74, 6) is 1.32. The molecule has 0 unspecified atom stereocenters. The molecule has 0 saturated heterocycles. The van der Waals surface area contributed by atoms with Gasteiger partial charge in [0, 0.05) is 63.7 Å². The molecule has 0 fully saturated rings. The number of rotatable bonds is 11. The van der Waals surface area contributed by atoms with E-state index in [0.29, 0.717) is 11.8 Å². The van der Waals surface area contributed by atoms with Crippen LogP contribution in [0.25, 0.3) is 53.0 Å². The van der Waals surface area contributed by atoms with Gasteiger partial charge in [-0.05, 0) is 71.7 Å². The molecule has 2 aromatic heterocycles. The van der Waals surface area contributed by atoms with Gasteiger partial charge in [0.25, 0.3) is 0 Å². The normalized spacial score (nSPS) is 12.5. The van der Waals surface area contributed by atoms with E-state index in [9.17, 15) is 9.90 Å². The maximum absolute atomic E-state index is 12.2. The van der Waals surface area contributed by atoms with Crippen molar-refractivity contribution in [2.75, 3.05) is 0 Å². The minimum atomic E-state index is -0.337. The first-order chi connectivity index (χ1) is 24.3. The molecule has 3 nitrogen and oxygen atoms in total. The van der Waals surface area contributed by atoms with Gasteiger partial charge < -0.3 is 5.11 Å². The summed E-state index contributed by atoms with van der Waals surface area (Å²) in [6, 6.07) is 28.1. The molecule has 6 aromatic rings. The molecule has 2 heterocycles. The fourth-order valence-electron chi connectivity index (χ4n) is 6.94. The first-order valence-electron chi connectivity index (χ1n) is 18.9. The van der Waals surface area contributed by atoms with Crippen LogP contribution in [0.4, 0.5) is 0 Å². The van der Waals surface area contributed by atoms with Gasteiger partial charge in [-0.15, -0.1) is 40.5 Å². The summed E-state index contributed by atoms with van der Waals surface area (Å²) in [7, 11) is 0. The third kappa shape index (κ3) is 8.23. The maximum atomic E-state index is 12.2. The van der Waals surface area contributed by atoms with Crippen LogP contribution in [0.3, 0.4) is 0 Å². The Morgan fingerprint density at radius 1 is 0.827 bits per heavy atom. The Morgan fingerprint density at radius 3 is 2.10 bits per heavy atom. The molecule has 0 atom stereocenters. The zero-order valence-electron chi connectivity index (χ0n) is 32.7. The number of allylic oxidation sites excluding steroid dienone is 2. The molecule has 52 heavy (non-hydrogen) atoms. The largest absolute Gasteiger partial charge is 0.512 e. The van der Waals surface area contributed by atoms with Gasteiger partial charge in [0.15, 0.2) is 5.78 Å². The van der Waals surface area contributed by atoms with Crippen molar-refractivity contribution >= 4 is 58.8 Å². The van der Waals surface area contributed by atoms with Crippen molar-refractivity contribution in [3.05, 3.63) is 102 Å². The van der Waals surface area contributed by atoms with Gasteiger partial charge in [0.05, 0.1) is 0 Å². The van der Waals surface area contributed by atoms with Crippen molar-refractivity contribution in [3.8, 4) is 11.3 Å². The van der Waals surface area contributed by atoms with Crippen molar-refractivity contribution in [2.45, 2.75) is 107 Å². The number of carbonyl (C=O) groups excluding carboxylic acids is 1.